The van der Waals surface area contributed by atoms with Gasteiger partial charge in [0.2, 0.25) is 0 Å². The Morgan fingerprint density at radius 3 is 3.00 bits per heavy atom. The van der Waals surface area contributed by atoms with Gasteiger partial charge < -0.3 is 0 Å². The van der Waals surface area contributed by atoms with Crippen molar-refractivity contribution < 1.29 is 24.7 Å². The first-order valence-electron chi connectivity index (χ1n) is 3.62. The summed E-state index contributed by atoms with van der Waals surface area (Å²) in [6, 6.07) is 0. The van der Waals surface area contributed by atoms with E-state index in [-0.39, 0.29) is 0 Å². The van der Waals surface area contributed by atoms with Gasteiger partial charge in [-0.25, -0.2) is 0 Å². The van der Waals surface area contributed by atoms with Crippen molar-refractivity contribution in [1.29, 1.82) is 0 Å². The molecule has 0 unspecified atom stereocenters. The van der Waals surface area contributed by atoms with Gasteiger partial charge in [0, 0.05) is 0 Å². The maximum absolute atomic E-state index is 2.29. The molecule has 0 amide bonds. The third-order valence-corrected chi connectivity index (χ3v) is 2.30. The topological polar surface area (TPSA) is 0 Å². The summed E-state index contributed by atoms with van der Waals surface area (Å²) in [6.07, 6.45) is 11.3. The number of hydrogen-bond donors (Lipinski definition) is 0. The first-order valence-corrected chi connectivity index (χ1v) is 4.84. The van der Waals surface area contributed by atoms with Crippen LogP contribution in [0.3, 0.4) is 0 Å². The van der Waals surface area contributed by atoms with E-state index >= 15 is 0 Å². The van der Waals surface area contributed by atoms with Gasteiger partial charge in [0.15, 0.2) is 0 Å². The van der Waals surface area contributed by atoms with E-state index in [0.717, 1.165) is 6.42 Å². The molecule has 0 fully saturated rings. The Kier molecular flexibility index (Phi) is 3.35. The summed E-state index contributed by atoms with van der Waals surface area (Å²) >= 11 is 1.56. The van der Waals surface area contributed by atoms with Crippen LogP contribution < -0.4 is 0 Å². The van der Waals surface area contributed by atoms with Crippen LogP contribution in [-0.2, 0) is 24.7 Å². The zero-order valence-corrected chi connectivity index (χ0v) is 8.68. The van der Waals surface area contributed by atoms with Crippen molar-refractivity contribution in [2.24, 2.45) is 0 Å². The van der Waals surface area contributed by atoms with Crippen LogP contribution in [0.5, 0.6) is 0 Å². The zero-order valence-electron chi connectivity index (χ0n) is 6.22. The van der Waals surface area contributed by atoms with Crippen molar-refractivity contribution in [2.45, 2.75) is 19.8 Å². The molecule has 0 nitrogen and oxygen atoms in total. The molecule has 0 aromatic rings. The normalized spacial score (nSPS) is 17.6. The van der Waals surface area contributed by atoms with Crippen LogP contribution in [0, 0.1) is 0 Å². The van der Waals surface area contributed by atoms with Crippen molar-refractivity contribution in [3.63, 3.8) is 0 Å². The Morgan fingerprint density at radius 2 is 2.50 bits per heavy atom. The Balaban J connectivity index is 2.51. The number of allylic oxidation sites excluding steroid dienone is 6. The van der Waals surface area contributed by atoms with E-state index in [4.69, 9.17) is 0 Å². The summed E-state index contributed by atoms with van der Waals surface area (Å²) in [5.74, 6) is 0. The molecular formula is C9H11Zr. The van der Waals surface area contributed by atoms with E-state index in [1.165, 1.54) is 12.0 Å². The molecule has 1 rings (SSSR count). The average molecular weight is 210 g/mol. The van der Waals surface area contributed by atoms with Gasteiger partial charge in [-0.1, -0.05) is 0 Å². The second-order valence-electron chi connectivity index (χ2n) is 2.39. The third-order valence-electron chi connectivity index (χ3n) is 1.44. The first-order chi connectivity index (χ1) is 4.83. The van der Waals surface area contributed by atoms with Crippen LogP contribution in [0.1, 0.15) is 19.8 Å². The number of hydrogen-bond acceptors (Lipinski definition) is 0. The van der Waals surface area contributed by atoms with Crippen LogP contribution in [0.2, 0.25) is 0 Å². The Bertz CT molecular complexity index is 197. The number of rotatable bonds is 2. The quantitative estimate of drug-likeness (QED) is 0.657. The van der Waals surface area contributed by atoms with E-state index < -0.39 is 0 Å². The molecule has 0 saturated carbocycles. The van der Waals surface area contributed by atoms with Crippen LogP contribution in [0.4, 0.5) is 0 Å². The van der Waals surface area contributed by atoms with Gasteiger partial charge in [0.25, 0.3) is 0 Å². The molecule has 1 aliphatic carbocycles. The Morgan fingerprint density at radius 1 is 1.70 bits per heavy atom. The predicted octanol–water partition coefficient (Wildman–Crippen LogP) is 2.71. The van der Waals surface area contributed by atoms with Crippen molar-refractivity contribution >= 4 is 0 Å². The first kappa shape index (κ1) is 8.20. The van der Waals surface area contributed by atoms with E-state index in [1.807, 2.05) is 0 Å². The van der Waals surface area contributed by atoms with Gasteiger partial charge in [-0.15, -0.1) is 0 Å². The average Bonchev–Trinajstić information content (AvgIpc) is 2.31. The molecule has 0 radical (unpaired) electrons. The molecule has 0 aromatic heterocycles. The van der Waals surface area contributed by atoms with E-state index in [0.29, 0.717) is 0 Å². The minimum atomic E-state index is 1.14. The van der Waals surface area contributed by atoms with Gasteiger partial charge in [-0.05, 0) is 0 Å². The molecule has 0 aliphatic heterocycles. The van der Waals surface area contributed by atoms with Crippen molar-refractivity contribution in [3.8, 4) is 0 Å². The SMILES string of the molecule is CCC=CC1=CC[C]([Zr])=C1. The second kappa shape index (κ2) is 4.08. The molecule has 0 aromatic carbocycles. The molecule has 0 atom stereocenters. The molecule has 0 spiro atoms. The van der Waals surface area contributed by atoms with Crippen molar-refractivity contribution in [2.75, 3.05) is 0 Å². The third kappa shape index (κ3) is 2.38. The van der Waals surface area contributed by atoms with Crippen molar-refractivity contribution in [1.82, 2.24) is 0 Å². The van der Waals surface area contributed by atoms with E-state index in [1.54, 1.807) is 28.0 Å². The fraction of sp³-hybridized carbons (Fsp3) is 0.333. The molecule has 0 N–H and O–H groups in total. The van der Waals surface area contributed by atoms with E-state index in [2.05, 4.69) is 31.2 Å². The van der Waals surface area contributed by atoms with Crippen LogP contribution >= 0.6 is 0 Å². The molecule has 0 heterocycles. The van der Waals surface area contributed by atoms with Gasteiger partial charge in [-0.3, -0.25) is 0 Å². The minimum absolute atomic E-state index is 1.14. The zero-order chi connectivity index (χ0) is 7.40. The Labute approximate surface area is 77.6 Å². The molecule has 1 heteroatoms. The monoisotopic (exact) mass is 209 g/mol. The van der Waals surface area contributed by atoms with Gasteiger partial charge >= 0.3 is 77.6 Å². The molecule has 0 saturated heterocycles. The fourth-order valence-electron chi connectivity index (χ4n) is 0.917. The predicted molar refractivity (Wildman–Crippen MR) is 40.2 cm³/mol. The van der Waals surface area contributed by atoms with Gasteiger partial charge in [0.1, 0.15) is 0 Å². The maximum atomic E-state index is 2.29. The van der Waals surface area contributed by atoms with E-state index in [9.17, 15) is 0 Å². The molecular weight excluding hydrogens is 199 g/mol. The fourth-order valence-corrected chi connectivity index (χ4v) is 1.58. The van der Waals surface area contributed by atoms with Crippen molar-refractivity contribution in [3.05, 3.63) is 33.2 Å². The summed E-state index contributed by atoms with van der Waals surface area (Å²) in [7, 11) is 0. The summed E-state index contributed by atoms with van der Waals surface area (Å²) in [5, 5.41) is 0. The summed E-state index contributed by atoms with van der Waals surface area (Å²) in [5.41, 5.74) is 1.40. The summed E-state index contributed by atoms with van der Waals surface area (Å²) in [4.78, 5) is 0. The van der Waals surface area contributed by atoms with Gasteiger partial charge in [-0.2, -0.15) is 0 Å². The van der Waals surface area contributed by atoms with Crippen LogP contribution in [0.15, 0.2) is 33.2 Å². The van der Waals surface area contributed by atoms with Crippen LogP contribution in [-0.4, -0.2) is 0 Å². The van der Waals surface area contributed by atoms with Gasteiger partial charge in [0.05, 0.1) is 0 Å². The molecule has 10 heavy (non-hydrogen) atoms. The summed E-state index contributed by atoms with van der Waals surface area (Å²) in [6.45, 7) is 2.16. The van der Waals surface area contributed by atoms with Crippen LogP contribution in [0.25, 0.3) is 0 Å². The second-order valence-corrected chi connectivity index (χ2v) is 3.97. The molecule has 1 aliphatic rings. The summed E-state index contributed by atoms with van der Waals surface area (Å²) < 4.78 is 1.56. The molecule has 51 valence electrons. The standard InChI is InChI=1S/C9H11.Zr/c1-2-3-6-9-7-4-5-8-9;/h3,6-8H,2,4H2,1H3;. The molecule has 0 bridgehead atoms. The Hall–Kier alpha value is 0.103.